The Kier molecular flexibility index (Phi) is 13.8. The number of aliphatic imine (C=N–C) groups is 2. The number of aromatic hydroxyl groups is 2. The van der Waals surface area contributed by atoms with Crippen LogP contribution in [0.25, 0.3) is 0 Å². The normalized spacial score (nSPS) is 21.2. The van der Waals surface area contributed by atoms with Crippen LogP contribution in [-0.2, 0) is 38.7 Å². The number of ether oxygens (including phenoxy) is 2. The van der Waals surface area contributed by atoms with Crippen LogP contribution in [-0.4, -0.2) is 36.9 Å². The van der Waals surface area contributed by atoms with Crippen molar-refractivity contribution in [3.63, 3.8) is 0 Å². The second-order valence-electron chi connectivity index (χ2n) is 19.4. The molecule has 4 aromatic rings. The molecule has 314 valence electrons. The predicted octanol–water partition coefficient (Wildman–Crippen LogP) is 14.1. The quantitative estimate of drug-likeness (QED) is 0.149. The van der Waals surface area contributed by atoms with Crippen molar-refractivity contribution in [2.75, 3.05) is 14.2 Å². The molecule has 0 spiro atoms. The number of phenolic OH excluding ortho intramolecular Hbond substituents is 2. The molecule has 0 saturated heterocycles. The summed E-state index contributed by atoms with van der Waals surface area (Å²) in [5.41, 5.74) is 11.6. The van der Waals surface area contributed by atoms with E-state index in [1.807, 2.05) is 61.0 Å². The molecular weight excluding hydrogens is 811 g/mol. The van der Waals surface area contributed by atoms with E-state index < -0.39 is 17.0 Å². The fraction of sp³-hybridized carbons (Fsp3) is 0.480. The molecule has 0 amide bonds. The summed E-state index contributed by atoms with van der Waals surface area (Å²) in [7, 11) is 13.1. The maximum atomic E-state index is 11.3. The first-order valence-corrected chi connectivity index (χ1v) is 25.3. The molecule has 0 fully saturated rings. The predicted molar refractivity (Wildman–Crippen MR) is 243 cm³/mol. The molecule has 6 nitrogen and oxygen atoms in total. The number of phenols is 2. The van der Waals surface area contributed by atoms with Gasteiger partial charge in [0.1, 0.15) is 23.0 Å². The van der Waals surface area contributed by atoms with Crippen LogP contribution in [0.1, 0.15) is 163 Å². The number of rotatable bonds is 6. The molecule has 9 heteroatoms. The second-order valence-corrected chi connectivity index (χ2v) is 21.9. The van der Waals surface area contributed by atoms with Crippen LogP contribution in [0.2, 0.25) is 0 Å². The number of halogens is 2. The van der Waals surface area contributed by atoms with Crippen molar-refractivity contribution in [1.29, 1.82) is 0 Å². The zero-order chi connectivity index (χ0) is 42.9. The Labute approximate surface area is 369 Å². The van der Waals surface area contributed by atoms with E-state index >= 15 is 0 Å². The molecule has 4 aliphatic carbocycles. The van der Waals surface area contributed by atoms with Crippen molar-refractivity contribution in [1.82, 2.24) is 0 Å². The van der Waals surface area contributed by atoms with E-state index in [-0.39, 0.29) is 21.7 Å². The molecule has 4 aliphatic rings. The first-order chi connectivity index (χ1) is 27.9. The van der Waals surface area contributed by atoms with E-state index in [2.05, 4.69) is 77.5 Å². The van der Waals surface area contributed by atoms with Gasteiger partial charge in [0.2, 0.25) is 0 Å². The average molecular weight is 874 g/mol. The van der Waals surface area contributed by atoms with Crippen LogP contribution in [0, 0.1) is 0 Å². The Morgan fingerprint density at radius 2 is 0.864 bits per heavy atom. The first-order valence-electron chi connectivity index (χ1n) is 21.0. The molecule has 0 radical (unpaired) electrons. The Morgan fingerprint density at radius 1 is 0.559 bits per heavy atom. The fourth-order valence-electron chi connectivity index (χ4n) is 10.1. The van der Waals surface area contributed by atoms with Crippen LogP contribution < -0.4 is 9.47 Å². The third kappa shape index (κ3) is 9.47. The Morgan fingerprint density at radius 3 is 1.17 bits per heavy atom. The van der Waals surface area contributed by atoms with E-state index in [0.717, 1.165) is 58.0 Å². The van der Waals surface area contributed by atoms with Gasteiger partial charge in [-0.15, -0.1) is 0 Å². The van der Waals surface area contributed by atoms with Gasteiger partial charge < -0.3 is 19.7 Å². The Bertz CT molecular complexity index is 2030. The van der Waals surface area contributed by atoms with Crippen LogP contribution in [0.4, 0.5) is 11.4 Å². The fourth-order valence-corrected chi connectivity index (χ4v) is 10.1. The summed E-state index contributed by atoms with van der Waals surface area (Å²) >= 11 is -0.556. The molecule has 0 aliphatic heterocycles. The zero-order valence-corrected chi connectivity index (χ0v) is 39.7. The standard InChI is InChI=1S/2C25H31NO2.2ClH.Ti/c2*1-24(2)12-10-16-11-13-25(3,4)22-21(16)20(24)14-17(23(22)27)15-26-18-6-8-19(28-5)9-7-18;;;/h2*6-9,14-16,27H,10-13H2,1-5H3;2*1H;/q;;;;+2/p-2. The van der Waals surface area contributed by atoms with Gasteiger partial charge in [-0.3, -0.25) is 9.98 Å². The van der Waals surface area contributed by atoms with Gasteiger partial charge in [-0.25, -0.2) is 0 Å². The monoisotopic (exact) mass is 872 g/mol. The molecule has 2 atom stereocenters. The maximum absolute atomic E-state index is 11.3. The third-order valence-electron chi connectivity index (χ3n) is 13.7. The van der Waals surface area contributed by atoms with Gasteiger partial charge in [0.25, 0.3) is 0 Å². The van der Waals surface area contributed by atoms with Gasteiger partial charge >= 0.3 is 35.6 Å². The van der Waals surface area contributed by atoms with Gasteiger partial charge in [0, 0.05) is 34.7 Å². The SMILES string of the molecule is COc1ccc(N=Cc2cc3c4c(c2O)C(C)(C)CCC4CCC3(C)C)cc1.COc1ccc(N=Cc2cc3c4c(c2O)C(C)(C)CCC4CCC3(C)C)cc1.[Cl][Ti][Cl]. The Hall–Kier alpha value is -3.29. The summed E-state index contributed by atoms with van der Waals surface area (Å²) in [5, 5.41) is 22.5. The van der Waals surface area contributed by atoms with Crippen molar-refractivity contribution in [3.05, 3.63) is 105 Å². The molecule has 2 unspecified atom stereocenters. The van der Waals surface area contributed by atoms with Crippen LogP contribution >= 0.6 is 18.6 Å². The van der Waals surface area contributed by atoms with Crippen molar-refractivity contribution in [3.8, 4) is 23.0 Å². The van der Waals surface area contributed by atoms with E-state index in [9.17, 15) is 10.2 Å². The van der Waals surface area contributed by atoms with Crippen molar-refractivity contribution >= 4 is 42.4 Å². The minimum absolute atomic E-state index is 0.0119. The van der Waals surface area contributed by atoms with Gasteiger partial charge in [0.05, 0.1) is 25.6 Å². The Balaban J connectivity index is 0.000000186. The van der Waals surface area contributed by atoms with Gasteiger partial charge in [-0.2, -0.15) is 0 Å². The summed E-state index contributed by atoms with van der Waals surface area (Å²) in [5.74, 6) is 3.64. The summed E-state index contributed by atoms with van der Waals surface area (Å²) in [6, 6.07) is 19.7. The second kappa shape index (κ2) is 18.0. The van der Waals surface area contributed by atoms with E-state index in [1.165, 1.54) is 60.8 Å². The molecular formula is C50H62Cl2N2O4Ti. The molecule has 0 aromatic heterocycles. The number of benzene rings is 4. The number of methoxy groups -OCH3 is 2. The molecule has 0 saturated carbocycles. The molecule has 0 heterocycles. The van der Waals surface area contributed by atoms with Gasteiger partial charge in [0.15, 0.2) is 0 Å². The van der Waals surface area contributed by atoms with E-state index in [0.29, 0.717) is 23.3 Å². The van der Waals surface area contributed by atoms with E-state index in [1.54, 1.807) is 14.2 Å². The van der Waals surface area contributed by atoms with Gasteiger partial charge in [-0.05, 0) is 168 Å². The number of hydrogen-bond acceptors (Lipinski definition) is 6. The average Bonchev–Trinajstić information content (AvgIpc) is 3.19. The van der Waals surface area contributed by atoms with Crippen molar-refractivity contribution in [2.45, 2.75) is 140 Å². The first kappa shape index (κ1) is 45.2. The minimum atomic E-state index is -0.556. The van der Waals surface area contributed by atoms with Crippen LogP contribution in [0.5, 0.6) is 23.0 Å². The molecule has 8 rings (SSSR count). The number of hydrogen-bond donors (Lipinski definition) is 2. The van der Waals surface area contributed by atoms with Crippen LogP contribution in [0.3, 0.4) is 0 Å². The topological polar surface area (TPSA) is 83.6 Å². The third-order valence-corrected chi connectivity index (χ3v) is 13.7. The van der Waals surface area contributed by atoms with Gasteiger partial charge in [-0.1, -0.05) is 55.4 Å². The summed E-state index contributed by atoms with van der Waals surface area (Å²) in [6.07, 6.45) is 13.2. The zero-order valence-electron chi connectivity index (χ0n) is 36.6. The van der Waals surface area contributed by atoms with Crippen molar-refractivity contribution < 1.29 is 36.7 Å². The van der Waals surface area contributed by atoms with Crippen molar-refractivity contribution in [2.24, 2.45) is 9.98 Å². The summed E-state index contributed by atoms with van der Waals surface area (Å²) < 4.78 is 10.4. The summed E-state index contributed by atoms with van der Waals surface area (Å²) in [4.78, 5) is 9.26. The number of nitrogens with zero attached hydrogens (tertiary/aromatic N) is 2. The summed E-state index contributed by atoms with van der Waals surface area (Å²) in [6.45, 7) is 18.4. The molecule has 0 bridgehead atoms. The van der Waals surface area contributed by atoms with E-state index in [4.69, 9.17) is 28.1 Å². The molecule has 4 aromatic carbocycles. The molecule has 2 N–H and O–H groups in total. The van der Waals surface area contributed by atoms with Crippen LogP contribution in [0.15, 0.2) is 70.6 Å². The molecule has 59 heavy (non-hydrogen) atoms.